The Labute approximate surface area is 132 Å². The number of aromatic hydroxyl groups is 1. The van der Waals surface area contributed by atoms with Crippen molar-refractivity contribution in [1.82, 2.24) is 5.32 Å². The number of phenolic OH excluding ortho intramolecular Hbond substituents is 1. The number of para-hydroxylation sites is 1. The van der Waals surface area contributed by atoms with Crippen LogP contribution in [-0.4, -0.2) is 35.4 Å². The number of hydrogen-bond donors (Lipinski definition) is 2. The van der Waals surface area contributed by atoms with E-state index in [0.29, 0.717) is 23.9 Å². The lowest BCUT2D eigenvalue weighted by Gasteiger charge is -2.19. The fourth-order valence-electron chi connectivity index (χ4n) is 2.70. The third-order valence-electron chi connectivity index (χ3n) is 4.24. The Morgan fingerprint density at radius 1 is 1.45 bits per heavy atom. The van der Waals surface area contributed by atoms with Crippen LogP contribution in [0.5, 0.6) is 5.75 Å². The molecule has 0 aliphatic carbocycles. The maximum absolute atomic E-state index is 12.0. The van der Waals surface area contributed by atoms with E-state index in [1.54, 1.807) is 18.2 Å². The van der Waals surface area contributed by atoms with Gasteiger partial charge in [-0.15, -0.1) is 0 Å². The third kappa shape index (κ3) is 4.45. The first-order chi connectivity index (χ1) is 10.6. The van der Waals surface area contributed by atoms with Gasteiger partial charge in [-0.3, -0.25) is 4.79 Å². The van der Waals surface area contributed by atoms with Gasteiger partial charge in [-0.25, -0.2) is 4.58 Å². The molecular weight excluding hydrogens is 276 g/mol. The molecule has 0 spiro atoms. The van der Waals surface area contributed by atoms with Gasteiger partial charge in [0.25, 0.3) is 5.91 Å². The van der Waals surface area contributed by atoms with Crippen LogP contribution in [-0.2, 0) is 0 Å². The summed E-state index contributed by atoms with van der Waals surface area (Å²) < 4.78 is 2.09. The molecule has 1 heterocycles. The normalized spacial score (nSPS) is 18.6. The molecule has 1 amide bonds. The monoisotopic (exact) mass is 301 g/mol. The van der Waals surface area contributed by atoms with E-state index in [-0.39, 0.29) is 11.7 Å². The van der Waals surface area contributed by atoms with Crippen molar-refractivity contribution < 1.29 is 14.5 Å². The fraction of sp³-hybridized carbons (Fsp3) is 0.444. The summed E-state index contributed by atoms with van der Waals surface area (Å²) in [6.45, 7) is 2.90. The molecule has 0 bridgehead atoms. The highest BCUT2D eigenvalue weighted by Gasteiger charge is 2.18. The van der Waals surface area contributed by atoms with Crippen LogP contribution >= 0.6 is 0 Å². The Bertz CT molecular complexity index is 578. The molecule has 1 aromatic carbocycles. The van der Waals surface area contributed by atoms with E-state index in [2.05, 4.69) is 35.3 Å². The summed E-state index contributed by atoms with van der Waals surface area (Å²) in [6, 6.07) is 6.62. The van der Waals surface area contributed by atoms with E-state index in [0.717, 1.165) is 19.3 Å². The predicted octanol–water partition coefficient (Wildman–Crippen LogP) is 2.79. The minimum absolute atomic E-state index is 0.0281. The number of phenols is 1. The molecule has 1 aromatic rings. The average molecular weight is 301 g/mol. The van der Waals surface area contributed by atoms with Crippen molar-refractivity contribution in [3.05, 3.63) is 42.1 Å². The van der Waals surface area contributed by atoms with Gasteiger partial charge in [0, 0.05) is 13.0 Å². The van der Waals surface area contributed by atoms with Gasteiger partial charge in [0.15, 0.2) is 6.20 Å². The van der Waals surface area contributed by atoms with Crippen LogP contribution in [0.15, 0.2) is 36.5 Å². The number of carbonyl (C=O) groups excluding carboxylic acids is 1. The predicted molar refractivity (Wildman–Crippen MR) is 88.3 cm³/mol. The second kappa shape index (κ2) is 7.78. The Morgan fingerprint density at radius 2 is 2.23 bits per heavy atom. The third-order valence-corrected chi connectivity index (χ3v) is 4.24. The van der Waals surface area contributed by atoms with Gasteiger partial charge in [-0.1, -0.05) is 19.1 Å². The number of carbonyl (C=O) groups is 1. The maximum Gasteiger partial charge on any atom is 0.255 e. The summed E-state index contributed by atoms with van der Waals surface area (Å²) in [5, 5.41) is 12.5. The summed E-state index contributed by atoms with van der Waals surface area (Å²) in [5.74, 6) is 1.01. The Morgan fingerprint density at radius 3 is 2.91 bits per heavy atom. The number of nitrogens with zero attached hydrogens (tertiary/aromatic N) is 1. The second-order valence-electron chi connectivity index (χ2n) is 5.98. The Balaban J connectivity index is 1.70. The summed E-state index contributed by atoms with van der Waals surface area (Å²) in [4.78, 5) is 12.0. The highest BCUT2D eigenvalue weighted by atomic mass is 16.3. The zero-order valence-electron chi connectivity index (χ0n) is 13.3. The molecule has 4 heteroatoms. The van der Waals surface area contributed by atoms with Gasteiger partial charge in [-0.2, -0.15) is 0 Å². The molecule has 0 radical (unpaired) electrons. The van der Waals surface area contributed by atoms with Crippen LogP contribution in [0.25, 0.3) is 0 Å². The summed E-state index contributed by atoms with van der Waals surface area (Å²) >= 11 is 0. The van der Waals surface area contributed by atoms with Crippen molar-refractivity contribution in [2.45, 2.75) is 26.2 Å². The number of hydrogen-bond acceptors (Lipinski definition) is 2. The highest BCUT2D eigenvalue weighted by Crippen LogP contribution is 2.22. The Kier molecular flexibility index (Phi) is 5.75. The molecule has 22 heavy (non-hydrogen) atoms. The number of allylic oxidation sites excluding steroid dienone is 1. The number of amides is 1. The molecule has 0 saturated heterocycles. The minimum Gasteiger partial charge on any atom is -0.507 e. The lowest BCUT2D eigenvalue weighted by Crippen LogP contribution is -2.25. The van der Waals surface area contributed by atoms with Crippen LogP contribution in [0.3, 0.4) is 0 Å². The maximum atomic E-state index is 12.0. The minimum atomic E-state index is -0.210. The van der Waals surface area contributed by atoms with Crippen molar-refractivity contribution in [2.75, 3.05) is 13.6 Å². The van der Waals surface area contributed by atoms with E-state index in [1.165, 1.54) is 6.07 Å². The molecule has 4 nitrogen and oxygen atoms in total. The zero-order valence-corrected chi connectivity index (χ0v) is 13.3. The first kappa shape index (κ1) is 16.3. The van der Waals surface area contributed by atoms with Gasteiger partial charge >= 0.3 is 0 Å². The van der Waals surface area contributed by atoms with Crippen LogP contribution in [0.1, 0.15) is 36.5 Å². The Hall–Kier alpha value is -2.10. The molecular formula is C18H25N2O2+. The van der Waals surface area contributed by atoms with Crippen molar-refractivity contribution in [1.29, 1.82) is 0 Å². The van der Waals surface area contributed by atoms with Gasteiger partial charge in [-0.05, 0) is 42.9 Å². The van der Waals surface area contributed by atoms with Gasteiger partial charge in [0.2, 0.25) is 0 Å². The molecule has 0 aromatic heterocycles. The lowest BCUT2D eigenvalue weighted by atomic mass is 9.87. The van der Waals surface area contributed by atoms with Crippen molar-refractivity contribution in [2.24, 2.45) is 11.8 Å². The lowest BCUT2D eigenvalue weighted by molar-refractivity contribution is -0.420. The molecule has 2 unspecified atom stereocenters. The van der Waals surface area contributed by atoms with Gasteiger partial charge in [0.05, 0.1) is 5.56 Å². The van der Waals surface area contributed by atoms with Crippen molar-refractivity contribution in [3.8, 4) is 5.75 Å². The first-order valence-electron chi connectivity index (χ1n) is 7.87. The fourth-order valence-corrected chi connectivity index (χ4v) is 2.70. The van der Waals surface area contributed by atoms with E-state index in [9.17, 15) is 9.90 Å². The van der Waals surface area contributed by atoms with Crippen LogP contribution < -0.4 is 5.32 Å². The van der Waals surface area contributed by atoms with Gasteiger partial charge < -0.3 is 10.4 Å². The van der Waals surface area contributed by atoms with Crippen LogP contribution in [0.4, 0.5) is 0 Å². The molecule has 1 aliphatic rings. The van der Waals surface area contributed by atoms with Crippen molar-refractivity contribution in [3.63, 3.8) is 0 Å². The van der Waals surface area contributed by atoms with E-state index in [4.69, 9.17) is 0 Å². The van der Waals surface area contributed by atoms with E-state index < -0.39 is 0 Å². The standard InChI is InChI=1S/C18H24N2O2/c1-14(15-9-12-20(2)13-10-15)6-5-11-19-18(22)16-7-3-4-8-17(16)21/h3-4,7-9,12-15H,5-6,10-11H2,1-2H3,(H-,19,21,22)/p+1. The topological polar surface area (TPSA) is 52.3 Å². The molecule has 2 atom stereocenters. The van der Waals surface area contributed by atoms with E-state index >= 15 is 0 Å². The van der Waals surface area contributed by atoms with Crippen LogP contribution in [0, 0.1) is 11.8 Å². The smallest absolute Gasteiger partial charge is 0.255 e. The van der Waals surface area contributed by atoms with Gasteiger partial charge in [0.1, 0.15) is 19.0 Å². The quantitative estimate of drug-likeness (QED) is 0.627. The largest absolute Gasteiger partial charge is 0.507 e. The van der Waals surface area contributed by atoms with Crippen LogP contribution in [0.2, 0.25) is 0 Å². The molecule has 2 rings (SSSR count). The highest BCUT2D eigenvalue weighted by molar-refractivity contribution is 5.96. The molecule has 0 fully saturated rings. The summed E-state index contributed by atoms with van der Waals surface area (Å²) in [6.07, 6.45) is 9.70. The first-order valence-corrected chi connectivity index (χ1v) is 7.87. The summed E-state index contributed by atoms with van der Waals surface area (Å²) in [7, 11) is 2.05. The number of benzene rings is 1. The SMILES string of the molecule is CC(CCCNC(=O)c1ccccc1O)C1C=C[N+](C)=CC1. The molecule has 0 saturated carbocycles. The molecule has 118 valence electrons. The summed E-state index contributed by atoms with van der Waals surface area (Å²) in [5.41, 5.74) is 0.336. The molecule has 1 aliphatic heterocycles. The van der Waals surface area contributed by atoms with E-state index in [1.807, 2.05) is 7.05 Å². The second-order valence-corrected chi connectivity index (χ2v) is 5.98. The molecule has 2 N–H and O–H groups in total. The van der Waals surface area contributed by atoms with Crippen molar-refractivity contribution >= 4 is 12.1 Å². The number of nitrogens with one attached hydrogen (secondary N) is 1. The zero-order chi connectivity index (χ0) is 15.9. The average Bonchev–Trinajstić information content (AvgIpc) is 2.52. The number of rotatable bonds is 6.